The fourth-order valence-electron chi connectivity index (χ4n) is 2.05. The number of rotatable bonds is 3. The molecule has 0 atom stereocenters. The van der Waals surface area contributed by atoms with E-state index in [0.29, 0.717) is 0 Å². The molecule has 0 amide bonds. The summed E-state index contributed by atoms with van der Waals surface area (Å²) in [5.74, 6) is -0.838. The van der Waals surface area contributed by atoms with Crippen molar-refractivity contribution in [3.63, 3.8) is 0 Å². The molecule has 0 aliphatic rings. The van der Waals surface area contributed by atoms with Crippen LogP contribution < -0.4 is 0 Å². The summed E-state index contributed by atoms with van der Waals surface area (Å²) in [7, 11) is 1.81. The minimum atomic E-state index is -0.838. The molecule has 0 saturated carbocycles. The summed E-state index contributed by atoms with van der Waals surface area (Å²) in [5.41, 5.74) is 4.76. The minimum absolute atomic E-state index is 0.00342. The molecule has 4 heteroatoms. The van der Waals surface area contributed by atoms with Crippen LogP contribution in [-0.4, -0.2) is 20.9 Å². The first-order valence-corrected chi connectivity index (χ1v) is 5.79. The number of aromatic nitrogens is 2. The van der Waals surface area contributed by atoms with E-state index in [1.807, 2.05) is 32.0 Å². The monoisotopic (exact) mass is 244 g/mol. The summed E-state index contributed by atoms with van der Waals surface area (Å²) >= 11 is 0. The van der Waals surface area contributed by atoms with Crippen molar-refractivity contribution in [3.05, 3.63) is 41.1 Å². The van der Waals surface area contributed by atoms with Gasteiger partial charge in [0.05, 0.1) is 12.1 Å². The molecular formula is C14H16N2O2. The van der Waals surface area contributed by atoms with Crippen LogP contribution in [0.4, 0.5) is 0 Å². The van der Waals surface area contributed by atoms with E-state index in [9.17, 15) is 4.79 Å². The predicted octanol–water partition coefficient (Wildman–Crippen LogP) is 2.33. The highest BCUT2D eigenvalue weighted by Crippen LogP contribution is 2.26. The smallest absolute Gasteiger partial charge is 0.307 e. The van der Waals surface area contributed by atoms with E-state index in [4.69, 9.17) is 5.11 Å². The second-order valence-electron chi connectivity index (χ2n) is 4.57. The molecule has 0 radical (unpaired) electrons. The lowest BCUT2D eigenvalue weighted by molar-refractivity contribution is -0.136. The van der Waals surface area contributed by atoms with Gasteiger partial charge in [-0.1, -0.05) is 17.7 Å². The summed E-state index contributed by atoms with van der Waals surface area (Å²) in [6.07, 6.45) is 1.77. The third kappa shape index (κ3) is 2.42. The van der Waals surface area contributed by atoms with Crippen molar-refractivity contribution in [3.8, 4) is 11.3 Å². The maximum Gasteiger partial charge on any atom is 0.307 e. The van der Waals surface area contributed by atoms with E-state index in [1.165, 1.54) is 0 Å². The van der Waals surface area contributed by atoms with Crippen LogP contribution in [0.1, 0.15) is 16.7 Å². The van der Waals surface area contributed by atoms with Gasteiger partial charge in [0.1, 0.15) is 0 Å². The van der Waals surface area contributed by atoms with Crippen LogP contribution in [0.25, 0.3) is 11.3 Å². The van der Waals surface area contributed by atoms with E-state index >= 15 is 0 Å². The first-order valence-electron chi connectivity index (χ1n) is 5.79. The van der Waals surface area contributed by atoms with Gasteiger partial charge in [-0.05, 0) is 25.5 Å². The summed E-state index contributed by atoms with van der Waals surface area (Å²) in [4.78, 5) is 10.9. The highest BCUT2D eigenvalue weighted by Gasteiger charge is 2.14. The van der Waals surface area contributed by atoms with Crippen molar-refractivity contribution in [2.75, 3.05) is 0 Å². The molecule has 2 rings (SSSR count). The van der Waals surface area contributed by atoms with E-state index < -0.39 is 5.97 Å². The number of benzene rings is 1. The molecule has 2 aromatic rings. The summed E-state index contributed by atoms with van der Waals surface area (Å²) in [6.45, 7) is 4.02. The molecule has 0 saturated heterocycles. The molecule has 1 aromatic heterocycles. The summed E-state index contributed by atoms with van der Waals surface area (Å²) < 4.78 is 1.66. The van der Waals surface area contributed by atoms with Crippen molar-refractivity contribution in [2.24, 2.45) is 7.05 Å². The Morgan fingerprint density at radius 2 is 2.11 bits per heavy atom. The average Bonchev–Trinajstić information content (AvgIpc) is 2.62. The zero-order valence-electron chi connectivity index (χ0n) is 10.8. The van der Waals surface area contributed by atoms with Gasteiger partial charge in [-0.15, -0.1) is 0 Å². The highest BCUT2D eigenvalue weighted by molar-refractivity contribution is 5.76. The third-order valence-corrected chi connectivity index (χ3v) is 2.89. The number of carboxylic acids is 1. The zero-order valence-corrected chi connectivity index (χ0v) is 10.8. The van der Waals surface area contributed by atoms with Crippen molar-refractivity contribution >= 4 is 5.97 Å². The molecule has 1 N–H and O–H groups in total. The molecular weight excluding hydrogens is 228 g/mol. The second-order valence-corrected chi connectivity index (χ2v) is 4.57. The number of carbonyl (C=O) groups is 1. The van der Waals surface area contributed by atoms with Crippen LogP contribution in [0.3, 0.4) is 0 Å². The highest BCUT2D eigenvalue weighted by atomic mass is 16.4. The number of aryl methyl sites for hydroxylation is 3. The Hall–Kier alpha value is -2.10. The molecule has 18 heavy (non-hydrogen) atoms. The minimum Gasteiger partial charge on any atom is -0.481 e. The van der Waals surface area contributed by atoms with Crippen LogP contribution in [0, 0.1) is 13.8 Å². The number of aliphatic carboxylic acids is 1. The van der Waals surface area contributed by atoms with Gasteiger partial charge in [0.25, 0.3) is 0 Å². The Morgan fingerprint density at radius 3 is 2.78 bits per heavy atom. The number of nitrogens with zero attached hydrogens (tertiary/aromatic N) is 2. The Kier molecular flexibility index (Phi) is 3.19. The fourth-order valence-corrected chi connectivity index (χ4v) is 2.05. The molecule has 94 valence electrons. The van der Waals surface area contributed by atoms with E-state index in [-0.39, 0.29) is 6.42 Å². The van der Waals surface area contributed by atoms with Crippen molar-refractivity contribution < 1.29 is 9.90 Å². The Labute approximate surface area is 106 Å². The molecule has 0 aliphatic heterocycles. The lowest BCUT2D eigenvalue weighted by atomic mass is 9.99. The van der Waals surface area contributed by atoms with Crippen LogP contribution in [0.2, 0.25) is 0 Å². The average molecular weight is 244 g/mol. The van der Waals surface area contributed by atoms with E-state index in [1.54, 1.807) is 17.9 Å². The van der Waals surface area contributed by atoms with Crippen LogP contribution >= 0.6 is 0 Å². The topological polar surface area (TPSA) is 55.1 Å². The van der Waals surface area contributed by atoms with Crippen LogP contribution in [-0.2, 0) is 18.3 Å². The Morgan fingerprint density at radius 1 is 1.39 bits per heavy atom. The molecule has 4 nitrogen and oxygen atoms in total. The first kappa shape index (κ1) is 12.4. The summed E-state index contributed by atoms with van der Waals surface area (Å²) in [5, 5.41) is 13.3. The molecule has 1 heterocycles. The second kappa shape index (κ2) is 4.64. The quantitative estimate of drug-likeness (QED) is 0.901. The molecule has 0 fully saturated rings. The standard InChI is InChI=1S/C14H16N2O2/c1-9-4-5-10(2)12(6-9)14-11(7-13(17)18)8-16(3)15-14/h4-6,8H,7H2,1-3H3,(H,17,18). The molecule has 0 bridgehead atoms. The normalized spacial score (nSPS) is 10.6. The van der Waals surface area contributed by atoms with Gasteiger partial charge < -0.3 is 5.11 Å². The first-order chi connectivity index (χ1) is 8.47. The fraction of sp³-hybridized carbons (Fsp3) is 0.286. The molecule has 0 unspecified atom stereocenters. The molecule has 0 spiro atoms. The third-order valence-electron chi connectivity index (χ3n) is 2.89. The molecule has 0 aliphatic carbocycles. The SMILES string of the molecule is Cc1ccc(C)c(-c2nn(C)cc2CC(=O)O)c1. The van der Waals surface area contributed by atoms with Gasteiger partial charge in [-0.2, -0.15) is 5.10 Å². The van der Waals surface area contributed by atoms with Crippen LogP contribution in [0.15, 0.2) is 24.4 Å². The number of hydrogen-bond acceptors (Lipinski definition) is 2. The number of hydrogen-bond donors (Lipinski definition) is 1. The Balaban J connectivity index is 2.55. The molecule has 1 aromatic carbocycles. The Bertz CT molecular complexity index is 600. The van der Waals surface area contributed by atoms with Crippen molar-refractivity contribution in [1.29, 1.82) is 0 Å². The van der Waals surface area contributed by atoms with Gasteiger partial charge in [0.15, 0.2) is 0 Å². The zero-order chi connectivity index (χ0) is 13.3. The van der Waals surface area contributed by atoms with E-state index in [2.05, 4.69) is 5.10 Å². The lowest BCUT2D eigenvalue weighted by Crippen LogP contribution is -2.00. The van der Waals surface area contributed by atoms with Crippen molar-refractivity contribution in [2.45, 2.75) is 20.3 Å². The van der Waals surface area contributed by atoms with E-state index in [0.717, 1.165) is 27.9 Å². The predicted molar refractivity (Wildman–Crippen MR) is 69.5 cm³/mol. The maximum absolute atomic E-state index is 10.9. The van der Waals surface area contributed by atoms with Crippen molar-refractivity contribution in [1.82, 2.24) is 9.78 Å². The maximum atomic E-state index is 10.9. The summed E-state index contributed by atoms with van der Waals surface area (Å²) in [6, 6.07) is 6.12. The van der Waals surface area contributed by atoms with Gasteiger partial charge >= 0.3 is 5.97 Å². The van der Waals surface area contributed by atoms with Gasteiger partial charge in [0, 0.05) is 24.4 Å². The number of carboxylic acid groups (broad SMARTS) is 1. The largest absolute Gasteiger partial charge is 0.481 e. The van der Waals surface area contributed by atoms with Gasteiger partial charge in [-0.3, -0.25) is 9.48 Å². The van der Waals surface area contributed by atoms with Gasteiger partial charge in [0.2, 0.25) is 0 Å². The van der Waals surface area contributed by atoms with Gasteiger partial charge in [-0.25, -0.2) is 0 Å². The van der Waals surface area contributed by atoms with Crippen LogP contribution in [0.5, 0.6) is 0 Å². The lowest BCUT2D eigenvalue weighted by Gasteiger charge is -2.06.